The highest BCUT2D eigenvalue weighted by Crippen LogP contribution is 2.28. The van der Waals surface area contributed by atoms with E-state index < -0.39 is 12.0 Å². The Morgan fingerprint density at radius 1 is 1.24 bits per heavy atom. The molecule has 0 aliphatic carbocycles. The van der Waals surface area contributed by atoms with Crippen LogP contribution in [0.4, 0.5) is 24.8 Å². The first kappa shape index (κ1) is 13.5. The quantitative estimate of drug-likeness (QED) is 0.787. The molecule has 0 aliphatic heterocycles. The monoisotopic (exact) mass is 248 g/mol. The number of anilines is 2. The van der Waals surface area contributed by atoms with Gasteiger partial charge in [-0.1, -0.05) is 13.3 Å². The minimum atomic E-state index is -4.53. The molecule has 0 amide bonds. The standard InChI is InChI=1S/C10H15F3N4/c1-3-4-5-15-8-6-7(14-2)16-9(17-8)10(11,12)13/h6H,3-5H2,1-2H3,(H2,14,15,16,17). The summed E-state index contributed by atoms with van der Waals surface area (Å²) in [5, 5.41) is 5.42. The first-order chi connectivity index (χ1) is 7.97. The Balaban J connectivity index is 2.89. The molecule has 0 unspecified atom stereocenters. The van der Waals surface area contributed by atoms with Crippen molar-refractivity contribution in [3.8, 4) is 0 Å². The van der Waals surface area contributed by atoms with Crippen LogP contribution in [0, 0.1) is 0 Å². The molecule has 7 heteroatoms. The number of nitrogens with one attached hydrogen (secondary N) is 2. The summed E-state index contributed by atoms with van der Waals surface area (Å²) >= 11 is 0. The van der Waals surface area contributed by atoms with Gasteiger partial charge in [0.25, 0.3) is 0 Å². The number of hydrogen-bond acceptors (Lipinski definition) is 4. The van der Waals surface area contributed by atoms with E-state index in [4.69, 9.17) is 0 Å². The van der Waals surface area contributed by atoms with Gasteiger partial charge in [-0.15, -0.1) is 0 Å². The van der Waals surface area contributed by atoms with Gasteiger partial charge in [0.05, 0.1) is 0 Å². The van der Waals surface area contributed by atoms with Crippen LogP contribution in [0.5, 0.6) is 0 Å². The number of halogens is 3. The lowest BCUT2D eigenvalue weighted by molar-refractivity contribution is -0.144. The Morgan fingerprint density at radius 3 is 2.41 bits per heavy atom. The van der Waals surface area contributed by atoms with Crippen molar-refractivity contribution >= 4 is 11.6 Å². The van der Waals surface area contributed by atoms with Crippen molar-refractivity contribution in [2.45, 2.75) is 25.9 Å². The highest BCUT2D eigenvalue weighted by Gasteiger charge is 2.35. The lowest BCUT2D eigenvalue weighted by Gasteiger charge is -2.11. The molecule has 0 spiro atoms. The first-order valence-electron chi connectivity index (χ1n) is 5.35. The summed E-state index contributed by atoms with van der Waals surface area (Å²) in [6.07, 6.45) is -2.70. The van der Waals surface area contributed by atoms with Crippen molar-refractivity contribution < 1.29 is 13.2 Å². The number of unbranched alkanes of at least 4 members (excludes halogenated alkanes) is 1. The average molecular weight is 248 g/mol. The fraction of sp³-hybridized carbons (Fsp3) is 0.600. The highest BCUT2D eigenvalue weighted by molar-refractivity contribution is 5.47. The lowest BCUT2D eigenvalue weighted by atomic mass is 10.3. The molecule has 96 valence electrons. The van der Waals surface area contributed by atoms with Gasteiger partial charge in [-0.2, -0.15) is 13.2 Å². The van der Waals surface area contributed by atoms with Gasteiger partial charge in [0, 0.05) is 19.7 Å². The average Bonchev–Trinajstić information content (AvgIpc) is 2.28. The smallest absolute Gasteiger partial charge is 0.373 e. The molecule has 1 heterocycles. The molecule has 0 radical (unpaired) electrons. The summed E-state index contributed by atoms with van der Waals surface area (Å²) in [6, 6.07) is 1.45. The van der Waals surface area contributed by atoms with E-state index in [-0.39, 0.29) is 11.6 Å². The van der Waals surface area contributed by atoms with E-state index in [0.29, 0.717) is 6.54 Å². The molecule has 0 bridgehead atoms. The van der Waals surface area contributed by atoms with Crippen molar-refractivity contribution in [3.05, 3.63) is 11.9 Å². The number of hydrogen-bond donors (Lipinski definition) is 2. The molecule has 1 aromatic rings. The molecular weight excluding hydrogens is 233 g/mol. The maximum absolute atomic E-state index is 12.5. The zero-order chi connectivity index (χ0) is 12.9. The van der Waals surface area contributed by atoms with Crippen LogP contribution in [-0.4, -0.2) is 23.6 Å². The van der Waals surface area contributed by atoms with Gasteiger partial charge in [-0.05, 0) is 6.42 Å². The number of rotatable bonds is 5. The van der Waals surface area contributed by atoms with Gasteiger partial charge in [0.15, 0.2) is 0 Å². The SMILES string of the molecule is CCCCNc1cc(NC)nc(C(F)(F)F)n1. The van der Waals surface area contributed by atoms with Crippen LogP contribution in [-0.2, 0) is 6.18 Å². The van der Waals surface area contributed by atoms with Crippen LogP contribution < -0.4 is 10.6 Å². The molecular formula is C10H15F3N4. The summed E-state index contributed by atoms with van der Waals surface area (Å²) in [6.45, 7) is 2.59. The predicted molar refractivity (Wildman–Crippen MR) is 60.0 cm³/mol. The van der Waals surface area contributed by atoms with Crippen LogP contribution in [0.1, 0.15) is 25.6 Å². The Morgan fingerprint density at radius 2 is 1.88 bits per heavy atom. The Kier molecular flexibility index (Phi) is 4.53. The minimum Gasteiger partial charge on any atom is -0.373 e. The molecule has 4 nitrogen and oxygen atoms in total. The zero-order valence-electron chi connectivity index (χ0n) is 9.73. The van der Waals surface area contributed by atoms with Crippen molar-refractivity contribution in [2.24, 2.45) is 0 Å². The van der Waals surface area contributed by atoms with E-state index in [1.807, 2.05) is 6.92 Å². The largest absolute Gasteiger partial charge is 0.451 e. The second-order valence-corrected chi connectivity index (χ2v) is 3.49. The molecule has 0 saturated carbocycles. The molecule has 1 rings (SSSR count). The first-order valence-corrected chi connectivity index (χ1v) is 5.35. The van der Waals surface area contributed by atoms with Gasteiger partial charge in [-0.25, -0.2) is 9.97 Å². The summed E-state index contributed by atoms with van der Waals surface area (Å²) < 4.78 is 37.5. The zero-order valence-corrected chi connectivity index (χ0v) is 9.73. The molecule has 0 aliphatic rings. The van der Waals surface area contributed by atoms with Crippen LogP contribution in [0.25, 0.3) is 0 Å². The number of nitrogens with zero attached hydrogens (tertiary/aromatic N) is 2. The summed E-state index contributed by atoms with van der Waals surface area (Å²) in [4.78, 5) is 6.80. The molecule has 0 saturated heterocycles. The molecule has 0 atom stereocenters. The van der Waals surface area contributed by atoms with Crippen molar-refractivity contribution in [1.29, 1.82) is 0 Å². The predicted octanol–water partition coefficient (Wildman–Crippen LogP) is 2.75. The fourth-order valence-electron chi connectivity index (χ4n) is 1.19. The Hall–Kier alpha value is -1.53. The normalized spacial score (nSPS) is 11.4. The lowest BCUT2D eigenvalue weighted by Crippen LogP contribution is -2.14. The van der Waals surface area contributed by atoms with Crippen molar-refractivity contribution in [2.75, 3.05) is 24.2 Å². The van der Waals surface area contributed by atoms with Crippen LogP contribution in [0.2, 0.25) is 0 Å². The number of aromatic nitrogens is 2. The van der Waals surface area contributed by atoms with Crippen LogP contribution in [0.3, 0.4) is 0 Å². The summed E-state index contributed by atoms with van der Waals surface area (Å²) in [5.41, 5.74) is 0. The van der Waals surface area contributed by atoms with Gasteiger partial charge < -0.3 is 10.6 Å². The van der Waals surface area contributed by atoms with Crippen molar-refractivity contribution in [1.82, 2.24) is 9.97 Å². The maximum Gasteiger partial charge on any atom is 0.451 e. The number of alkyl halides is 3. The van der Waals surface area contributed by atoms with Crippen molar-refractivity contribution in [3.63, 3.8) is 0 Å². The topological polar surface area (TPSA) is 49.8 Å². The highest BCUT2D eigenvalue weighted by atomic mass is 19.4. The van der Waals surface area contributed by atoms with E-state index in [1.54, 1.807) is 0 Å². The van der Waals surface area contributed by atoms with Gasteiger partial charge in [0.2, 0.25) is 5.82 Å². The van der Waals surface area contributed by atoms with E-state index in [2.05, 4.69) is 20.6 Å². The Labute approximate surface area is 97.7 Å². The van der Waals surface area contributed by atoms with Crippen LogP contribution >= 0.6 is 0 Å². The van der Waals surface area contributed by atoms with E-state index in [9.17, 15) is 13.2 Å². The van der Waals surface area contributed by atoms with Crippen LogP contribution in [0.15, 0.2) is 6.07 Å². The Bertz CT molecular complexity index is 365. The molecule has 0 aromatic carbocycles. The fourth-order valence-corrected chi connectivity index (χ4v) is 1.19. The second kappa shape index (κ2) is 5.70. The third kappa shape index (κ3) is 4.08. The molecule has 0 fully saturated rings. The van der Waals surface area contributed by atoms with E-state index >= 15 is 0 Å². The van der Waals surface area contributed by atoms with E-state index in [0.717, 1.165) is 12.8 Å². The third-order valence-corrected chi connectivity index (χ3v) is 2.07. The summed E-state index contributed by atoms with van der Waals surface area (Å²) in [5.74, 6) is -0.806. The molecule has 2 N–H and O–H groups in total. The minimum absolute atomic E-state index is 0.145. The second-order valence-electron chi connectivity index (χ2n) is 3.49. The third-order valence-electron chi connectivity index (χ3n) is 2.07. The van der Waals surface area contributed by atoms with E-state index in [1.165, 1.54) is 13.1 Å². The molecule has 17 heavy (non-hydrogen) atoms. The maximum atomic E-state index is 12.5. The van der Waals surface area contributed by atoms with Gasteiger partial charge in [-0.3, -0.25) is 0 Å². The summed E-state index contributed by atoms with van der Waals surface area (Å²) in [7, 11) is 1.51. The molecule has 1 aromatic heterocycles. The van der Waals surface area contributed by atoms with Gasteiger partial charge in [0.1, 0.15) is 11.6 Å². The van der Waals surface area contributed by atoms with Gasteiger partial charge >= 0.3 is 6.18 Å².